The number of aryl methyl sites for hydroxylation is 2. The first-order valence-electron chi connectivity index (χ1n) is 4.17. The van der Waals surface area contributed by atoms with Crippen molar-refractivity contribution in [1.29, 1.82) is 0 Å². The highest BCUT2D eigenvalue weighted by Crippen LogP contribution is 2.08. The Kier molecular flexibility index (Phi) is 2.53. The molecule has 66 valence electrons. The van der Waals surface area contributed by atoms with E-state index in [0.29, 0.717) is 5.56 Å². The highest BCUT2D eigenvalue weighted by Gasteiger charge is 2.06. The Bertz CT molecular complexity index is 267. The number of nitrogens with zero attached hydrogens (tertiary/aromatic N) is 1. The van der Waals surface area contributed by atoms with Crippen molar-refractivity contribution < 1.29 is 4.79 Å². The first kappa shape index (κ1) is 8.84. The van der Waals surface area contributed by atoms with Gasteiger partial charge in [-0.3, -0.25) is 4.79 Å². The number of aromatic nitrogens is 1. The molecular formula is C9H14N2O. The molecular weight excluding hydrogens is 152 g/mol. The smallest absolute Gasteiger partial charge is 0.250 e. The molecule has 0 fully saturated rings. The monoisotopic (exact) mass is 166 g/mol. The molecule has 3 nitrogen and oxygen atoms in total. The van der Waals surface area contributed by atoms with Crippen molar-refractivity contribution in [2.24, 2.45) is 5.73 Å². The Morgan fingerprint density at radius 1 is 1.58 bits per heavy atom. The highest BCUT2D eigenvalue weighted by molar-refractivity contribution is 5.92. The van der Waals surface area contributed by atoms with E-state index < -0.39 is 0 Å². The van der Waals surface area contributed by atoms with Gasteiger partial charge in [-0.2, -0.15) is 0 Å². The van der Waals surface area contributed by atoms with Crippen LogP contribution >= 0.6 is 0 Å². The first-order valence-corrected chi connectivity index (χ1v) is 4.17. The van der Waals surface area contributed by atoms with Crippen LogP contribution in [0.3, 0.4) is 0 Å². The molecule has 0 bridgehead atoms. The van der Waals surface area contributed by atoms with Gasteiger partial charge in [0.25, 0.3) is 0 Å². The fraction of sp³-hybridized carbons (Fsp3) is 0.444. The number of rotatable bonds is 3. The normalized spacial score (nSPS) is 10.2. The van der Waals surface area contributed by atoms with E-state index in [1.54, 1.807) is 6.20 Å². The summed E-state index contributed by atoms with van der Waals surface area (Å²) in [6, 6.07) is 1.85. The molecule has 1 rings (SSSR count). The number of amides is 1. The molecule has 3 heteroatoms. The first-order chi connectivity index (χ1) is 5.69. The van der Waals surface area contributed by atoms with Crippen molar-refractivity contribution in [3.05, 3.63) is 23.5 Å². The van der Waals surface area contributed by atoms with Crippen LogP contribution in [-0.4, -0.2) is 10.5 Å². The average molecular weight is 166 g/mol. The standard InChI is InChI=1S/C9H14N2O/c1-3-8-5-7(9(10)12)6-11(8)4-2/h5-6H,3-4H2,1-2H3,(H2,10,12). The summed E-state index contributed by atoms with van der Waals surface area (Å²) in [4.78, 5) is 10.8. The molecule has 0 unspecified atom stereocenters. The molecule has 0 spiro atoms. The van der Waals surface area contributed by atoms with E-state index >= 15 is 0 Å². The third-order valence-corrected chi connectivity index (χ3v) is 1.97. The van der Waals surface area contributed by atoms with Crippen molar-refractivity contribution in [1.82, 2.24) is 4.57 Å². The third kappa shape index (κ3) is 1.49. The number of primary amides is 1. The molecule has 1 heterocycles. The minimum Gasteiger partial charge on any atom is -0.366 e. The molecule has 1 amide bonds. The third-order valence-electron chi connectivity index (χ3n) is 1.97. The van der Waals surface area contributed by atoms with E-state index in [2.05, 4.69) is 6.92 Å². The molecule has 1 aromatic heterocycles. The molecule has 0 saturated heterocycles. The maximum atomic E-state index is 10.8. The topological polar surface area (TPSA) is 48.0 Å². The zero-order valence-electron chi connectivity index (χ0n) is 7.50. The summed E-state index contributed by atoms with van der Waals surface area (Å²) in [5.41, 5.74) is 6.92. The minimum atomic E-state index is -0.350. The van der Waals surface area contributed by atoms with Crippen LogP contribution in [0.4, 0.5) is 0 Å². The minimum absolute atomic E-state index is 0.350. The van der Waals surface area contributed by atoms with Crippen LogP contribution in [-0.2, 0) is 13.0 Å². The lowest BCUT2D eigenvalue weighted by Crippen LogP contribution is -2.09. The van der Waals surface area contributed by atoms with Gasteiger partial charge in [-0.05, 0) is 19.4 Å². The molecule has 1 aromatic rings. The molecule has 0 saturated carbocycles. The summed E-state index contributed by atoms with van der Waals surface area (Å²) in [6.45, 7) is 4.99. The van der Waals surface area contributed by atoms with Crippen LogP contribution in [0, 0.1) is 0 Å². The SMILES string of the molecule is CCc1cc(C(N)=O)cn1CC. The average Bonchev–Trinajstić information content (AvgIpc) is 2.46. The zero-order valence-corrected chi connectivity index (χ0v) is 7.50. The summed E-state index contributed by atoms with van der Waals surface area (Å²) < 4.78 is 2.04. The van der Waals surface area contributed by atoms with Crippen molar-refractivity contribution in [2.75, 3.05) is 0 Å². The van der Waals surface area contributed by atoms with Crippen LogP contribution in [0.25, 0.3) is 0 Å². The Morgan fingerprint density at radius 3 is 2.58 bits per heavy atom. The van der Waals surface area contributed by atoms with Gasteiger partial charge in [0, 0.05) is 18.4 Å². The van der Waals surface area contributed by atoms with Crippen molar-refractivity contribution in [3.63, 3.8) is 0 Å². The van der Waals surface area contributed by atoms with Gasteiger partial charge in [0.2, 0.25) is 5.91 Å². The summed E-state index contributed by atoms with van der Waals surface area (Å²) >= 11 is 0. The van der Waals surface area contributed by atoms with Crippen molar-refractivity contribution in [3.8, 4) is 0 Å². The molecule has 0 aliphatic heterocycles. The van der Waals surface area contributed by atoms with Gasteiger partial charge in [0.05, 0.1) is 5.56 Å². The van der Waals surface area contributed by atoms with Crippen molar-refractivity contribution >= 4 is 5.91 Å². The molecule has 2 N–H and O–H groups in total. The summed E-state index contributed by atoms with van der Waals surface area (Å²) in [5, 5.41) is 0. The van der Waals surface area contributed by atoms with Gasteiger partial charge in [-0.25, -0.2) is 0 Å². The van der Waals surface area contributed by atoms with Crippen LogP contribution in [0.1, 0.15) is 29.9 Å². The Morgan fingerprint density at radius 2 is 2.25 bits per heavy atom. The number of nitrogens with two attached hydrogens (primary N) is 1. The van der Waals surface area contributed by atoms with Gasteiger partial charge >= 0.3 is 0 Å². The Balaban J connectivity index is 3.05. The highest BCUT2D eigenvalue weighted by atomic mass is 16.1. The van der Waals surface area contributed by atoms with Crippen LogP contribution < -0.4 is 5.73 Å². The van der Waals surface area contributed by atoms with E-state index in [-0.39, 0.29) is 5.91 Å². The second-order valence-electron chi connectivity index (χ2n) is 2.72. The Labute approximate surface area is 72.2 Å². The fourth-order valence-electron chi connectivity index (χ4n) is 1.28. The second kappa shape index (κ2) is 3.43. The lowest BCUT2D eigenvalue weighted by atomic mass is 10.3. The number of hydrogen-bond acceptors (Lipinski definition) is 1. The van der Waals surface area contributed by atoms with Crippen LogP contribution in [0.2, 0.25) is 0 Å². The fourth-order valence-corrected chi connectivity index (χ4v) is 1.28. The second-order valence-corrected chi connectivity index (χ2v) is 2.72. The quantitative estimate of drug-likeness (QED) is 0.719. The van der Waals surface area contributed by atoms with Crippen LogP contribution in [0.5, 0.6) is 0 Å². The lowest BCUT2D eigenvalue weighted by Gasteiger charge is -2.01. The van der Waals surface area contributed by atoms with Gasteiger partial charge in [0.1, 0.15) is 0 Å². The summed E-state index contributed by atoms with van der Waals surface area (Å²) in [7, 11) is 0. The van der Waals surface area contributed by atoms with E-state index in [1.165, 1.54) is 0 Å². The molecule has 0 aliphatic carbocycles. The maximum Gasteiger partial charge on any atom is 0.250 e. The molecule has 0 aliphatic rings. The summed E-state index contributed by atoms with van der Waals surface area (Å²) in [5.74, 6) is -0.350. The number of carbonyl (C=O) groups is 1. The van der Waals surface area contributed by atoms with E-state index in [4.69, 9.17) is 5.73 Å². The van der Waals surface area contributed by atoms with Gasteiger partial charge in [-0.1, -0.05) is 6.92 Å². The largest absolute Gasteiger partial charge is 0.366 e. The molecule has 0 radical (unpaired) electrons. The predicted molar refractivity (Wildman–Crippen MR) is 48.0 cm³/mol. The number of carbonyl (C=O) groups excluding carboxylic acids is 1. The molecule has 12 heavy (non-hydrogen) atoms. The van der Waals surface area contributed by atoms with Gasteiger partial charge in [0.15, 0.2) is 0 Å². The Hall–Kier alpha value is -1.25. The van der Waals surface area contributed by atoms with E-state index in [0.717, 1.165) is 18.7 Å². The number of hydrogen-bond donors (Lipinski definition) is 1. The van der Waals surface area contributed by atoms with E-state index in [1.807, 2.05) is 17.6 Å². The predicted octanol–water partition coefficient (Wildman–Crippen LogP) is 1.17. The van der Waals surface area contributed by atoms with Gasteiger partial charge in [-0.15, -0.1) is 0 Å². The zero-order chi connectivity index (χ0) is 9.14. The molecule has 0 aromatic carbocycles. The lowest BCUT2D eigenvalue weighted by molar-refractivity contribution is 0.100. The maximum absolute atomic E-state index is 10.8. The van der Waals surface area contributed by atoms with Gasteiger partial charge < -0.3 is 10.3 Å². The summed E-state index contributed by atoms with van der Waals surface area (Å²) in [6.07, 6.45) is 2.74. The van der Waals surface area contributed by atoms with Crippen molar-refractivity contribution in [2.45, 2.75) is 26.8 Å². The van der Waals surface area contributed by atoms with E-state index in [9.17, 15) is 4.79 Å². The molecule has 0 atom stereocenters. The van der Waals surface area contributed by atoms with Crippen LogP contribution in [0.15, 0.2) is 12.3 Å².